The molecule has 4 rings (SSSR count). The van der Waals surface area contributed by atoms with Crippen LogP contribution in [0.5, 0.6) is 0 Å². The molecule has 0 radical (unpaired) electrons. The Morgan fingerprint density at radius 1 is 0.800 bits per heavy atom. The van der Waals surface area contributed by atoms with Gasteiger partial charge in [0, 0.05) is 16.5 Å². The predicted molar refractivity (Wildman–Crippen MR) is 100 cm³/mol. The van der Waals surface area contributed by atoms with E-state index in [0.717, 1.165) is 22.0 Å². The molecule has 0 bridgehead atoms. The van der Waals surface area contributed by atoms with Crippen molar-refractivity contribution in [3.63, 3.8) is 0 Å². The summed E-state index contributed by atoms with van der Waals surface area (Å²) >= 11 is 0. The van der Waals surface area contributed by atoms with Gasteiger partial charge in [-0.05, 0) is 49.2 Å². The van der Waals surface area contributed by atoms with E-state index in [4.69, 9.17) is 0 Å². The maximum atomic E-state index is 12.7. The van der Waals surface area contributed by atoms with Crippen molar-refractivity contribution in [2.24, 2.45) is 0 Å². The molecule has 0 saturated carbocycles. The standard InChI is InChI=1S/C20H15NO2.C2H6/c1-11-9-14-15(10-12(11)2)20(23)18(19(14)22)17-8-7-13-5-3-4-6-16(13)21-17;1-2/h3-10,18H,1-2H3;1-2H3. The minimum atomic E-state index is -0.809. The fourth-order valence-corrected chi connectivity index (χ4v) is 3.17. The van der Waals surface area contributed by atoms with E-state index in [2.05, 4.69) is 4.98 Å². The predicted octanol–water partition coefficient (Wildman–Crippen LogP) is 5.04. The van der Waals surface area contributed by atoms with Gasteiger partial charge in [-0.15, -0.1) is 0 Å². The summed E-state index contributed by atoms with van der Waals surface area (Å²) in [4.78, 5) is 30.0. The van der Waals surface area contributed by atoms with Crippen LogP contribution in [0, 0.1) is 13.8 Å². The van der Waals surface area contributed by atoms with Crippen LogP contribution < -0.4 is 0 Å². The lowest BCUT2D eigenvalue weighted by Crippen LogP contribution is -2.14. The van der Waals surface area contributed by atoms with Crippen LogP contribution in [0.1, 0.15) is 57.3 Å². The number of pyridine rings is 1. The fourth-order valence-electron chi connectivity index (χ4n) is 3.17. The van der Waals surface area contributed by atoms with Crippen LogP contribution >= 0.6 is 0 Å². The molecule has 3 heteroatoms. The molecular weight excluding hydrogens is 310 g/mol. The fraction of sp³-hybridized carbons (Fsp3) is 0.227. The van der Waals surface area contributed by atoms with Crippen molar-refractivity contribution in [3.8, 4) is 0 Å². The van der Waals surface area contributed by atoms with Gasteiger partial charge in [-0.25, -0.2) is 0 Å². The molecule has 1 aliphatic carbocycles. The van der Waals surface area contributed by atoms with Crippen molar-refractivity contribution in [3.05, 3.63) is 76.5 Å². The molecule has 0 amide bonds. The van der Waals surface area contributed by atoms with Gasteiger partial charge in [-0.2, -0.15) is 0 Å². The minimum absolute atomic E-state index is 0.143. The zero-order valence-corrected chi connectivity index (χ0v) is 15.0. The van der Waals surface area contributed by atoms with E-state index >= 15 is 0 Å². The molecule has 25 heavy (non-hydrogen) atoms. The molecule has 126 valence electrons. The number of carbonyl (C=O) groups is 2. The summed E-state index contributed by atoms with van der Waals surface area (Å²) in [5.41, 5.74) is 4.43. The molecule has 3 aromatic rings. The van der Waals surface area contributed by atoms with E-state index in [-0.39, 0.29) is 11.6 Å². The molecule has 0 unspecified atom stereocenters. The molecule has 1 aliphatic rings. The number of nitrogens with zero attached hydrogens (tertiary/aromatic N) is 1. The number of aromatic nitrogens is 1. The summed E-state index contributed by atoms with van der Waals surface area (Å²) in [5.74, 6) is -1.09. The normalized spacial score (nSPS) is 13.6. The molecule has 0 spiro atoms. The smallest absolute Gasteiger partial charge is 0.180 e. The third-order valence-corrected chi connectivity index (χ3v) is 4.60. The quantitative estimate of drug-likeness (QED) is 0.587. The van der Waals surface area contributed by atoms with Crippen LogP contribution in [0.25, 0.3) is 10.9 Å². The second-order valence-electron chi connectivity index (χ2n) is 6.07. The van der Waals surface area contributed by atoms with Crippen LogP contribution in [-0.4, -0.2) is 16.6 Å². The Morgan fingerprint density at radius 3 is 1.96 bits per heavy atom. The van der Waals surface area contributed by atoms with Crippen molar-refractivity contribution in [1.29, 1.82) is 0 Å². The molecule has 0 aliphatic heterocycles. The van der Waals surface area contributed by atoms with Crippen molar-refractivity contribution in [2.45, 2.75) is 33.6 Å². The van der Waals surface area contributed by atoms with Gasteiger partial charge >= 0.3 is 0 Å². The number of Topliss-reactive ketones (excluding diaryl/α,β-unsaturated/α-hetero) is 2. The van der Waals surface area contributed by atoms with Gasteiger partial charge in [-0.1, -0.05) is 38.1 Å². The Kier molecular flexibility index (Phi) is 4.49. The second kappa shape index (κ2) is 6.60. The molecule has 0 saturated heterocycles. The monoisotopic (exact) mass is 331 g/mol. The van der Waals surface area contributed by atoms with E-state index in [1.54, 1.807) is 6.07 Å². The summed E-state index contributed by atoms with van der Waals surface area (Å²) < 4.78 is 0. The van der Waals surface area contributed by atoms with Gasteiger partial charge in [-0.3, -0.25) is 14.6 Å². The number of hydrogen-bond acceptors (Lipinski definition) is 3. The van der Waals surface area contributed by atoms with Crippen molar-refractivity contribution in [2.75, 3.05) is 0 Å². The zero-order valence-electron chi connectivity index (χ0n) is 15.0. The van der Waals surface area contributed by atoms with E-state index in [0.29, 0.717) is 16.8 Å². The maximum absolute atomic E-state index is 12.7. The van der Waals surface area contributed by atoms with Crippen LogP contribution in [-0.2, 0) is 0 Å². The van der Waals surface area contributed by atoms with Crippen molar-refractivity contribution in [1.82, 2.24) is 4.98 Å². The summed E-state index contributed by atoms with van der Waals surface area (Å²) in [6, 6.07) is 15.1. The van der Waals surface area contributed by atoms with Crippen LogP contribution in [0.15, 0.2) is 48.5 Å². The number of carbonyl (C=O) groups excluding carboxylic acids is 2. The number of para-hydroxylation sites is 1. The molecule has 2 aromatic carbocycles. The number of benzene rings is 2. The Labute approximate surface area is 147 Å². The van der Waals surface area contributed by atoms with Gasteiger partial charge in [0.15, 0.2) is 11.6 Å². The molecule has 0 atom stereocenters. The highest BCUT2D eigenvalue weighted by Gasteiger charge is 2.40. The molecular formula is C22H21NO2. The minimum Gasteiger partial charge on any atom is -0.293 e. The number of hydrogen-bond donors (Lipinski definition) is 0. The summed E-state index contributed by atoms with van der Waals surface area (Å²) in [6.07, 6.45) is 0. The van der Waals surface area contributed by atoms with E-state index in [1.165, 1.54) is 0 Å². The lowest BCUT2D eigenvalue weighted by atomic mass is 9.98. The van der Waals surface area contributed by atoms with Gasteiger partial charge in [0.05, 0.1) is 11.2 Å². The molecule has 0 fully saturated rings. The average molecular weight is 331 g/mol. The van der Waals surface area contributed by atoms with Crippen molar-refractivity contribution < 1.29 is 9.59 Å². The largest absolute Gasteiger partial charge is 0.293 e. The van der Waals surface area contributed by atoms with Crippen LogP contribution in [0.2, 0.25) is 0 Å². The highest BCUT2D eigenvalue weighted by molar-refractivity contribution is 6.29. The number of aryl methyl sites for hydroxylation is 2. The van der Waals surface area contributed by atoms with Crippen LogP contribution in [0.4, 0.5) is 0 Å². The maximum Gasteiger partial charge on any atom is 0.180 e. The second-order valence-corrected chi connectivity index (χ2v) is 6.07. The first-order valence-electron chi connectivity index (χ1n) is 8.61. The van der Waals surface area contributed by atoms with E-state index in [9.17, 15) is 9.59 Å². The first kappa shape index (κ1) is 17.0. The molecule has 0 N–H and O–H groups in total. The third-order valence-electron chi connectivity index (χ3n) is 4.60. The summed E-state index contributed by atoms with van der Waals surface area (Å²) in [6.45, 7) is 7.91. The first-order valence-corrected chi connectivity index (χ1v) is 8.61. The van der Waals surface area contributed by atoms with E-state index in [1.807, 2.05) is 70.2 Å². The molecule has 3 nitrogen and oxygen atoms in total. The van der Waals surface area contributed by atoms with Gasteiger partial charge in [0.2, 0.25) is 0 Å². The SMILES string of the molecule is CC.Cc1cc2c(cc1C)C(=O)C(c1ccc3ccccc3n1)C2=O. The van der Waals surface area contributed by atoms with Gasteiger partial charge in [0.1, 0.15) is 5.92 Å². The Morgan fingerprint density at radius 2 is 1.36 bits per heavy atom. The Hall–Kier alpha value is -2.81. The Balaban J connectivity index is 0.000000880. The lowest BCUT2D eigenvalue weighted by Gasteiger charge is -2.07. The van der Waals surface area contributed by atoms with Gasteiger partial charge in [0.25, 0.3) is 0 Å². The number of fused-ring (bicyclic) bond motifs is 2. The summed E-state index contributed by atoms with van der Waals surface area (Å²) in [5, 5.41) is 0.998. The molecule has 1 aromatic heterocycles. The highest BCUT2D eigenvalue weighted by atomic mass is 16.2. The molecule has 1 heterocycles. The number of ketones is 2. The lowest BCUT2D eigenvalue weighted by molar-refractivity contribution is 0.0888. The van der Waals surface area contributed by atoms with Crippen molar-refractivity contribution >= 4 is 22.5 Å². The van der Waals surface area contributed by atoms with E-state index < -0.39 is 5.92 Å². The zero-order chi connectivity index (χ0) is 18.1. The highest BCUT2D eigenvalue weighted by Crippen LogP contribution is 2.35. The summed E-state index contributed by atoms with van der Waals surface area (Å²) in [7, 11) is 0. The van der Waals surface area contributed by atoms with Crippen LogP contribution in [0.3, 0.4) is 0 Å². The first-order chi connectivity index (χ1) is 12.1. The number of rotatable bonds is 1. The average Bonchev–Trinajstić information content (AvgIpc) is 2.87. The topological polar surface area (TPSA) is 47.0 Å². The Bertz CT molecular complexity index is 947. The van der Waals surface area contributed by atoms with Gasteiger partial charge < -0.3 is 0 Å². The third kappa shape index (κ3) is 2.76.